The lowest BCUT2D eigenvalue weighted by atomic mass is 10.1. The van der Waals surface area contributed by atoms with Crippen LogP contribution in [0.3, 0.4) is 0 Å². The Labute approximate surface area is 122 Å². The van der Waals surface area contributed by atoms with Crippen LogP contribution in [0.25, 0.3) is 22.3 Å². The predicted molar refractivity (Wildman–Crippen MR) is 77.9 cm³/mol. The Morgan fingerprint density at radius 2 is 1.73 bits per heavy atom. The maximum absolute atomic E-state index is 12.2. The minimum Gasteiger partial charge on any atom is -0.508 e. The van der Waals surface area contributed by atoms with Crippen LogP contribution in [-0.2, 0) is 0 Å². The molecule has 0 aliphatic heterocycles. The van der Waals surface area contributed by atoms with E-state index in [1.54, 1.807) is 0 Å². The van der Waals surface area contributed by atoms with Crippen molar-refractivity contribution < 1.29 is 19.6 Å². The number of non-ortho nitro benzene ring substituents is 1. The predicted octanol–water partition coefficient (Wildman–Crippen LogP) is 2.78. The van der Waals surface area contributed by atoms with Crippen LogP contribution in [0.15, 0.2) is 51.7 Å². The summed E-state index contributed by atoms with van der Waals surface area (Å²) in [7, 11) is 0. The van der Waals surface area contributed by atoms with Crippen LogP contribution in [0, 0.1) is 10.1 Å². The molecule has 110 valence electrons. The summed E-state index contributed by atoms with van der Waals surface area (Å²) < 4.78 is 5.48. The van der Waals surface area contributed by atoms with Gasteiger partial charge in [-0.25, -0.2) is 0 Å². The number of nitro benzene ring substituents is 1. The smallest absolute Gasteiger partial charge is 0.270 e. The number of aromatic hydroxyl groups is 2. The van der Waals surface area contributed by atoms with Gasteiger partial charge in [0.1, 0.15) is 11.3 Å². The lowest BCUT2D eigenvalue weighted by Gasteiger charge is -2.06. The molecule has 0 saturated carbocycles. The number of benzene rings is 2. The fourth-order valence-electron chi connectivity index (χ4n) is 2.10. The molecule has 22 heavy (non-hydrogen) atoms. The Morgan fingerprint density at radius 3 is 2.36 bits per heavy atom. The number of fused-ring (bicyclic) bond motifs is 1. The number of phenols is 1. The van der Waals surface area contributed by atoms with Gasteiger partial charge >= 0.3 is 0 Å². The van der Waals surface area contributed by atoms with Gasteiger partial charge in [-0.1, -0.05) is 0 Å². The van der Waals surface area contributed by atoms with E-state index >= 15 is 0 Å². The average Bonchev–Trinajstić information content (AvgIpc) is 2.51. The van der Waals surface area contributed by atoms with E-state index in [0.29, 0.717) is 5.56 Å². The average molecular weight is 299 g/mol. The van der Waals surface area contributed by atoms with E-state index in [0.717, 1.165) is 6.07 Å². The van der Waals surface area contributed by atoms with Gasteiger partial charge in [0.2, 0.25) is 11.2 Å². The van der Waals surface area contributed by atoms with Crippen molar-refractivity contribution >= 4 is 16.7 Å². The van der Waals surface area contributed by atoms with Gasteiger partial charge in [-0.15, -0.1) is 0 Å². The molecule has 7 heteroatoms. The first-order valence-corrected chi connectivity index (χ1v) is 6.21. The number of hydrogen-bond acceptors (Lipinski definition) is 6. The van der Waals surface area contributed by atoms with Crippen molar-refractivity contribution in [2.24, 2.45) is 0 Å². The van der Waals surface area contributed by atoms with E-state index in [2.05, 4.69) is 0 Å². The number of nitro groups is 1. The Bertz CT molecular complexity index is 943. The standard InChI is InChI=1S/C15H9NO6/c17-10-4-1-8(2-5-10)15-14(19)13(18)11-7-9(16(20)21)3-6-12(11)22-15/h1-7,17,19H. The van der Waals surface area contributed by atoms with Crippen LogP contribution in [0.2, 0.25) is 0 Å². The fraction of sp³-hybridized carbons (Fsp3) is 0. The van der Waals surface area contributed by atoms with Crippen molar-refractivity contribution in [3.05, 3.63) is 62.8 Å². The van der Waals surface area contributed by atoms with Crippen LogP contribution in [0.5, 0.6) is 11.5 Å². The molecule has 3 aromatic rings. The summed E-state index contributed by atoms with van der Waals surface area (Å²) in [4.78, 5) is 22.3. The van der Waals surface area contributed by atoms with E-state index < -0.39 is 16.1 Å². The quantitative estimate of drug-likeness (QED) is 0.555. The third-order valence-corrected chi connectivity index (χ3v) is 3.19. The topological polar surface area (TPSA) is 114 Å². The molecule has 0 saturated heterocycles. The van der Waals surface area contributed by atoms with E-state index in [1.807, 2.05) is 0 Å². The molecule has 0 bridgehead atoms. The van der Waals surface area contributed by atoms with Crippen LogP contribution in [-0.4, -0.2) is 15.1 Å². The third-order valence-electron chi connectivity index (χ3n) is 3.19. The van der Waals surface area contributed by atoms with E-state index in [1.165, 1.54) is 36.4 Å². The van der Waals surface area contributed by atoms with Crippen LogP contribution in [0.4, 0.5) is 5.69 Å². The van der Waals surface area contributed by atoms with Gasteiger partial charge < -0.3 is 14.6 Å². The van der Waals surface area contributed by atoms with Crippen LogP contribution < -0.4 is 5.43 Å². The molecule has 2 aromatic carbocycles. The van der Waals surface area contributed by atoms with Gasteiger partial charge in [-0.05, 0) is 30.3 Å². The second-order valence-electron chi connectivity index (χ2n) is 4.59. The molecular weight excluding hydrogens is 290 g/mol. The molecule has 0 aliphatic carbocycles. The largest absolute Gasteiger partial charge is 0.508 e. The Hall–Kier alpha value is -3.35. The zero-order valence-electron chi connectivity index (χ0n) is 11.0. The van der Waals surface area contributed by atoms with Gasteiger partial charge in [-0.3, -0.25) is 14.9 Å². The minimum atomic E-state index is -0.756. The van der Waals surface area contributed by atoms with E-state index in [-0.39, 0.29) is 28.2 Å². The zero-order chi connectivity index (χ0) is 15.9. The molecule has 7 nitrogen and oxygen atoms in total. The van der Waals surface area contributed by atoms with Crippen LogP contribution >= 0.6 is 0 Å². The Morgan fingerprint density at radius 1 is 1.05 bits per heavy atom. The molecule has 0 atom stereocenters. The van der Waals surface area contributed by atoms with Crippen molar-refractivity contribution in [1.29, 1.82) is 0 Å². The summed E-state index contributed by atoms with van der Waals surface area (Å²) in [5.74, 6) is -0.674. The highest BCUT2D eigenvalue weighted by Crippen LogP contribution is 2.31. The first-order chi connectivity index (χ1) is 10.5. The molecule has 0 aliphatic rings. The Balaban J connectivity index is 2.28. The minimum absolute atomic E-state index is 0.0296. The fourth-order valence-corrected chi connectivity index (χ4v) is 2.10. The zero-order valence-corrected chi connectivity index (χ0v) is 11.0. The van der Waals surface area contributed by atoms with Crippen molar-refractivity contribution in [2.45, 2.75) is 0 Å². The highest BCUT2D eigenvalue weighted by atomic mass is 16.6. The van der Waals surface area contributed by atoms with Gasteiger partial charge in [0.05, 0.1) is 10.3 Å². The molecule has 1 heterocycles. The maximum Gasteiger partial charge on any atom is 0.270 e. The summed E-state index contributed by atoms with van der Waals surface area (Å²) in [5.41, 5.74) is -0.506. The summed E-state index contributed by atoms with van der Waals surface area (Å²) >= 11 is 0. The van der Waals surface area contributed by atoms with Gasteiger partial charge in [0, 0.05) is 17.7 Å². The molecule has 2 N–H and O–H groups in total. The van der Waals surface area contributed by atoms with Gasteiger partial charge in [-0.2, -0.15) is 0 Å². The third kappa shape index (κ3) is 2.14. The first-order valence-electron chi connectivity index (χ1n) is 6.21. The summed E-state index contributed by atoms with van der Waals surface area (Å²) in [5, 5.41) is 29.9. The molecule has 0 amide bonds. The second kappa shape index (κ2) is 4.88. The monoisotopic (exact) mass is 299 g/mol. The Kier molecular flexibility index (Phi) is 3.03. The van der Waals surface area contributed by atoms with Gasteiger partial charge in [0.15, 0.2) is 5.76 Å². The van der Waals surface area contributed by atoms with Crippen molar-refractivity contribution in [3.63, 3.8) is 0 Å². The van der Waals surface area contributed by atoms with Crippen molar-refractivity contribution in [2.75, 3.05) is 0 Å². The van der Waals surface area contributed by atoms with Crippen LogP contribution in [0.1, 0.15) is 0 Å². The van der Waals surface area contributed by atoms with Gasteiger partial charge in [0.25, 0.3) is 5.69 Å². The first kappa shape index (κ1) is 13.6. The normalized spacial score (nSPS) is 10.7. The summed E-state index contributed by atoms with van der Waals surface area (Å²) in [6.45, 7) is 0. The highest BCUT2D eigenvalue weighted by Gasteiger charge is 2.17. The number of phenolic OH excluding ortho intramolecular Hbond substituents is 1. The molecular formula is C15H9NO6. The van der Waals surface area contributed by atoms with Crippen molar-refractivity contribution in [1.82, 2.24) is 0 Å². The maximum atomic E-state index is 12.2. The summed E-state index contributed by atoms with van der Waals surface area (Å²) in [6.07, 6.45) is 0. The lowest BCUT2D eigenvalue weighted by Crippen LogP contribution is -2.03. The molecule has 0 fully saturated rings. The second-order valence-corrected chi connectivity index (χ2v) is 4.59. The molecule has 3 rings (SSSR count). The number of hydrogen-bond donors (Lipinski definition) is 2. The number of rotatable bonds is 2. The molecule has 0 radical (unpaired) electrons. The van der Waals surface area contributed by atoms with Crippen molar-refractivity contribution in [3.8, 4) is 22.8 Å². The molecule has 0 spiro atoms. The number of nitrogens with zero attached hydrogens (tertiary/aromatic N) is 1. The van der Waals surface area contributed by atoms with E-state index in [4.69, 9.17) is 4.42 Å². The SMILES string of the molecule is O=c1c(O)c(-c2ccc(O)cc2)oc2ccc([N+](=O)[O-])cc12. The lowest BCUT2D eigenvalue weighted by molar-refractivity contribution is -0.384. The van der Waals surface area contributed by atoms with E-state index in [9.17, 15) is 25.1 Å². The summed E-state index contributed by atoms with van der Waals surface area (Å²) in [6, 6.07) is 9.29. The highest BCUT2D eigenvalue weighted by molar-refractivity contribution is 5.83. The molecule has 0 unspecified atom stereocenters. The molecule has 1 aromatic heterocycles.